The molecule has 1 aromatic carbocycles. The van der Waals surface area contributed by atoms with Gasteiger partial charge in [-0.25, -0.2) is 4.99 Å². The molecule has 2 N–H and O–H groups in total. The van der Waals surface area contributed by atoms with Crippen molar-refractivity contribution in [3.05, 3.63) is 28.2 Å². The van der Waals surface area contributed by atoms with Gasteiger partial charge in [0.15, 0.2) is 5.96 Å². The number of nitrogens with one attached hydrogen (secondary N) is 2. The molecule has 0 saturated heterocycles. The molecular formula is C17H28BrN3O2. The summed E-state index contributed by atoms with van der Waals surface area (Å²) in [5.41, 5.74) is 1.13. The molecule has 0 aromatic heterocycles. The summed E-state index contributed by atoms with van der Waals surface area (Å²) in [5, 5.41) is 6.62. The van der Waals surface area contributed by atoms with Crippen LogP contribution in [0.5, 0.6) is 5.75 Å². The van der Waals surface area contributed by atoms with E-state index >= 15 is 0 Å². The van der Waals surface area contributed by atoms with Gasteiger partial charge in [-0.3, -0.25) is 0 Å². The summed E-state index contributed by atoms with van der Waals surface area (Å²) in [6, 6.07) is 6.01. The molecule has 0 aliphatic carbocycles. The zero-order valence-corrected chi connectivity index (χ0v) is 15.9. The molecule has 6 heteroatoms. The normalized spacial score (nSPS) is 11.4. The van der Waals surface area contributed by atoms with E-state index in [1.807, 2.05) is 25.1 Å². The molecule has 0 heterocycles. The highest BCUT2D eigenvalue weighted by Crippen LogP contribution is 2.25. The van der Waals surface area contributed by atoms with Crippen LogP contribution in [0.2, 0.25) is 0 Å². The Morgan fingerprint density at radius 1 is 1.22 bits per heavy atom. The monoisotopic (exact) mass is 385 g/mol. The number of nitrogens with zero attached hydrogens (tertiary/aromatic N) is 1. The van der Waals surface area contributed by atoms with E-state index in [-0.39, 0.29) is 0 Å². The molecule has 0 atom stereocenters. The highest BCUT2D eigenvalue weighted by Gasteiger charge is 2.02. The Bertz CT molecular complexity index is 481. The van der Waals surface area contributed by atoms with E-state index in [2.05, 4.69) is 38.5 Å². The molecule has 0 unspecified atom stereocenters. The van der Waals surface area contributed by atoms with Gasteiger partial charge in [-0.15, -0.1) is 0 Å². The number of hydrogen-bond donors (Lipinski definition) is 2. The Hall–Kier alpha value is -1.27. The van der Waals surface area contributed by atoms with Crippen LogP contribution in [0, 0.1) is 0 Å². The number of hydrogen-bond acceptors (Lipinski definition) is 3. The third kappa shape index (κ3) is 8.23. The van der Waals surface area contributed by atoms with E-state index in [1.165, 1.54) is 0 Å². The van der Waals surface area contributed by atoms with Crippen LogP contribution in [-0.4, -0.2) is 39.4 Å². The molecular weight excluding hydrogens is 358 g/mol. The number of aliphatic imine (C=N–C) groups is 1. The average Bonchev–Trinajstić information content (AvgIpc) is 2.55. The molecule has 0 aliphatic heterocycles. The zero-order valence-electron chi connectivity index (χ0n) is 14.3. The van der Waals surface area contributed by atoms with E-state index in [1.54, 1.807) is 7.11 Å². The summed E-state index contributed by atoms with van der Waals surface area (Å²) in [5.74, 6) is 1.67. The molecule has 5 nitrogen and oxygen atoms in total. The third-order valence-electron chi connectivity index (χ3n) is 3.19. The molecule has 0 radical (unpaired) electrons. The van der Waals surface area contributed by atoms with Crippen LogP contribution in [0.3, 0.4) is 0 Å². The summed E-state index contributed by atoms with van der Waals surface area (Å²) in [6.45, 7) is 8.06. The van der Waals surface area contributed by atoms with Gasteiger partial charge >= 0.3 is 0 Å². The van der Waals surface area contributed by atoms with E-state index in [9.17, 15) is 0 Å². The lowest BCUT2D eigenvalue weighted by Gasteiger charge is -2.11. The number of unbranched alkanes of at least 4 members (excludes halogenated alkanes) is 1. The van der Waals surface area contributed by atoms with Crippen LogP contribution in [-0.2, 0) is 11.3 Å². The minimum absolute atomic E-state index is 0.622. The van der Waals surface area contributed by atoms with Crippen molar-refractivity contribution in [2.45, 2.75) is 33.2 Å². The van der Waals surface area contributed by atoms with E-state index in [0.29, 0.717) is 6.54 Å². The predicted octanol–water partition coefficient (Wildman–Crippen LogP) is 3.33. The van der Waals surface area contributed by atoms with Crippen molar-refractivity contribution in [2.24, 2.45) is 4.99 Å². The topological polar surface area (TPSA) is 54.9 Å². The summed E-state index contributed by atoms with van der Waals surface area (Å²) in [6.07, 6.45) is 2.13. The van der Waals surface area contributed by atoms with Crippen molar-refractivity contribution in [1.29, 1.82) is 0 Å². The zero-order chi connectivity index (χ0) is 16.9. The standard InChI is InChI=1S/C17H28BrN3O2/c1-4-19-17(20-10-6-7-11-23-5-2)21-13-14-8-9-16(22-3)15(18)12-14/h8-9,12H,4-7,10-11,13H2,1-3H3,(H2,19,20,21). The Balaban J connectivity index is 2.46. The number of methoxy groups -OCH3 is 1. The van der Waals surface area contributed by atoms with Gasteiger partial charge in [0, 0.05) is 26.3 Å². The summed E-state index contributed by atoms with van der Waals surface area (Å²) < 4.78 is 11.5. The van der Waals surface area contributed by atoms with Gasteiger partial charge in [-0.05, 0) is 60.3 Å². The maximum Gasteiger partial charge on any atom is 0.191 e. The van der Waals surface area contributed by atoms with Crippen molar-refractivity contribution in [2.75, 3.05) is 33.4 Å². The predicted molar refractivity (Wildman–Crippen MR) is 99.2 cm³/mol. The summed E-state index contributed by atoms with van der Waals surface area (Å²) in [7, 11) is 1.66. The Kier molecular flexibility index (Phi) is 10.5. The Morgan fingerprint density at radius 2 is 2.04 bits per heavy atom. The Labute approximate surface area is 148 Å². The molecule has 0 amide bonds. The quantitative estimate of drug-likeness (QED) is 0.368. The lowest BCUT2D eigenvalue weighted by atomic mass is 10.2. The molecule has 1 aromatic rings. The summed E-state index contributed by atoms with van der Waals surface area (Å²) >= 11 is 3.50. The first-order valence-corrected chi connectivity index (χ1v) is 8.92. The van der Waals surface area contributed by atoms with Crippen molar-refractivity contribution >= 4 is 21.9 Å². The first kappa shape index (κ1) is 19.8. The van der Waals surface area contributed by atoms with Gasteiger partial charge < -0.3 is 20.1 Å². The molecule has 0 spiro atoms. The number of rotatable bonds is 10. The average molecular weight is 386 g/mol. The van der Waals surface area contributed by atoms with Crippen molar-refractivity contribution in [1.82, 2.24) is 10.6 Å². The lowest BCUT2D eigenvalue weighted by molar-refractivity contribution is 0.143. The summed E-state index contributed by atoms with van der Waals surface area (Å²) in [4.78, 5) is 4.62. The maximum atomic E-state index is 5.34. The fourth-order valence-electron chi connectivity index (χ4n) is 2.00. The number of benzene rings is 1. The third-order valence-corrected chi connectivity index (χ3v) is 3.81. The minimum atomic E-state index is 0.622. The number of guanidine groups is 1. The first-order chi connectivity index (χ1) is 11.2. The second-order valence-corrected chi connectivity index (χ2v) is 5.85. The van der Waals surface area contributed by atoms with Gasteiger partial charge in [0.1, 0.15) is 5.75 Å². The van der Waals surface area contributed by atoms with Crippen LogP contribution in [0.4, 0.5) is 0 Å². The molecule has 0 fully saturated rings. The van der Waals surface area contributed by atoms with Gasteiger partial charge in [-0.2, -0.15) is 0 Å². The number of halogens is 1. The molecule has 0 aliphatic rings. The second-order valence-electron chi connectivity index (χ2n) is 4.99. The van der Waals surface area contributed by atoms with Crippen molar-refractivity contribution in [3.8, 4) is 5.75 Å². The van der Waals surface area contributed by atoms with Gasteiger partial charge in [-0.1, -0.05) is 6.07 Å². The Morgan fingerprint density at radius 3 is 2.70 bits per heavy atom. The van der Waals surface area contributed by atoms with E-state index < -0.39 is 0 Å². The molecule has 1 rings (SSSR count). The highest BCUT2D eigenvalue weighted by atomic mass is 79.9. The van der Waals surface area contributed by atoms with Gasteiger partial charge in [0.2, 0.25) is 0 Å². The largest absolute Gasteiger partial charge is 0.496 e. The first-order valence-electron chi connectivity index (χ1n) is 8.13. The molecule has 0 saturated carbocycles. The SMILES string of the molecule is CCNC(=NCc1ccc(OC)c(Br)c1)NCCCCOCC. The van der Waals surface area contributed by atoms with Crippen LogP contribution in [0.15, 0.2) is 27.7 Å². The van der Waals surface area contributed by atoms with Crippen LogP contribution < -0.4 is 15.4 Å². The van der Waals surface area contributed by atoms with E-state index in [4.69, 9.17) is 9.47 Å². The minimum Gasteiger partial charge on any atom is -0.496 e. The molecule has 130 valence electrons. The maximum absolute atomic E-state index is 5.34. The lowest BCUT2D eigenvalue weighted by Crippen LogP contribution is -2.37. The van der Waals surface area contributed by atoms with Crippen LogP contribution >= 0.6 is 15.9 Å². The van der Waals surface area contributed by atoms with Gasteiger partial charge in [0.25, 0.3) is 0 Å². The molecule has 23 heavy (non-hydrogen) atoms. The fourth-order valence-corrected chi connectivity index (χ4v) is 2.59. The van der Waals surface area contributed by atoms with Crippen molar-refractivity contribution in [3.63, 3.8) is 0 Å². The van der Waals surface area contributed by atoms with Crippen LogP contribution in [0.1, 0.15) is 32.3 Å². The second kappa shape index (κ2) is 12.2. The molecule has 0 bridgehead atoms. The van der Waals surface area contributed by atoms with E-state index in [0.717, 1.165) is 60.9 Å². The number of ether oxygens (including phenoxy) is 2. The van der Waals surface area contributed by atoms with Gasteiger partial charge in [0.05, 0.1) is 18.1 Å². The van der Waals surface area contributed by atoms with Crippen LogP contribution in [0.25, 0.3) is 0 Å². The van der Waals surface area contributed by atoms with Crippen molar-refractivity contribution < 1.29 is 9.47 Å². The highest BCUT2D eigenvalue weighted by molar-refractivity contribution is 9.10. The smallest absolute Gasteiger partial charge is 0.191 e. The fraction of sp³-hybridized carbons (Fsp3) is 0.588.